The molecule has 0 fully saturated rings. The number of carbonyl (C=O) groups is 4. The number of phenolic OH excluding ortho intramolecular Hbond substituents is 1. The van der Waals surface area contributed by atoms with Crippen molar-refractivity contribution in [2.45, 2.75) is 77.7 Å². The zero-order valence-corrected chi connectivity index (χ0v) is 19.8. The summed E-state index contributed by atoms with van der Waals surface area (Å²) in [7, 11) is 0. The van der Waals surface area contributed by atoms with E-state index < -0.39 is 48.0 Å². The number of aliphatic carboxylic acids is 1. The van der Waals surface area contributed by atoms with Crippen molar-refractivity contribution in [3.8, 4) is 5.75 Å². The number of carboxylic acids is 1. The van der Waals surface area contributed by atoms with Crippen LogP contribution in [0.15, 0.2) is 24.3 Å². The summed E-state index contributed by atoms with van der Waals surface area (Å²) in [5.74, 6) is -2.25. The van der Waals surface area contributed by atoms with Crippen LogP contribution in [0.3, 0.4) is 0 Å². The maximum atomic E-state index is 12.6. The average molecular weight is 465 g/mol. The molecule has 7 N–H and O–H groups in total. The maximum absolute atomic E-state index is 12.6. The van der Waals surface area contributed by atoms with Crippen molar-refractivity contribution in [3.05, 3.63) is 29.8 Å². The Labute approximate surface area is 194 Å². The number of phenols is 1. The molecule has 33 heavy (non-hydrogen) atoms. The molecular formula is C23H36N4O6. The molecule has 0 saturated heterocycles. The second kappa shape index (κ2) is 12.9. The van der Waals surface area contributed by atoms with Gasteiger partial charge in [-0.1, -0.05) is 26.0 Å². The van der Waals surface area contributed by atoms with Gasteiger partial charge >= 0.3 is 5.97 Å². The molecule has 0 spiro atoms. The van der Waals surface area contributed by atoms with Gasteiger partial charge in [-0.3, -0.25) is 19.7 Å². The number of amides is 2. The third-order valence-electron chi connectivity index (χ3n) is 5.16. The molecule has 5 atom stereocenters. The Balaban J connectivity index is 2.64. The fourth-order valence-electron chi connectivity index (χ4n) is 3.28. The van der Waals surface area contributed by atoms with Crippen molar-refractivity contribution in [3.63, 3.8) is 0 Å². The number of nitrogens with two attached hydrogens (primary N) is 1. The summed E-state index contributed by atoms with van der Waals surface area (Å²) in [6.45, 7) is 8.51. The van der Waals surface area contributed by atoms with Crippen molar-refractivity contribution in [2.24, 2.45) is 11.7 Å². The second-order valence-corrected chi connectivity index (χ2v) is 8.75. The molecule has 1 aromatic rings. The van der Waals surface area contributed by atoms with Crippen molar-refractivity contribution in [1.82, 2.24) is 16.0 Å². The lowest BCUT2D eigenvalue weighted by Gasteiger charge is -2.24. The number of aromatic hydroxyl groups is 1. The quantitative estimate of drug-likeness (QED) is 0.242. The zero-order chi connectivity index (χ0) is 25.3. The molecule has 184 valence electrons. The Kier molecular flexibility index (Phi) is 11.0. The number of carboxylic acid groups (broad SMARTS) is 1. The lowest BCUT2D eigenvalue weighted by atomic mass is 10.0. The summed E-state index contributed by atoms with van der Waals surface area (Å²) in [4.78, 5) is 48.9. The van der Waals surface area contributed by atoms with Crippen molar-refractivity contribution < 1.29 is 29.4 Å². The van der Waals surface area contributed by atoms with Crippen LogP contribution in [-0.2, 0) is 25.6 Å². The molecule has 0 unspecified atom stereocenters. The van der Waals surface area contributed by atoms with Crippen LogP contribution in [0, 0.1) is 5.92 Å². The van der Waals surface area contributed by atoms with Crippen LogP contribution in [0.25, 0.3) is 0 Å². The standard InChI is InChI=1S/C23H36N4O6/c1-12(2)10-18(24)22(31)26-14(4)20(29)13(3)25-15(5)21(30)27-19(23(32)33)11-16-6-8-17(28)9-7-16/h6-9,12-15,18-19,25,28H,10-11,24H2,1-5H3,(H,26,31)(H,27,30)(H,32,33)/t13-,14+,15+,18+,19+/m1/s1. The Bertz CT molecular complexity index is 827. The largest absolute Gasteiger partial charge is 0.508 e. The third-order valence-corrected chi connectivity index (χ3v) is 5.16. The van der Waals surface area contributed by atoms with Crippen LogP contribution < -0.4 is 21.7 Å². The molecule has 0 heterocycles. The molecule has 10 nitrogen and oxygen atoms in total. The van der Waals surface area contributed by atoms with E-state index >= 15 is 0 Å². The Morgan fingerprint density at radius 1 is 0.879 bits per heavy atom. The van der Waals surface area contributed by atoms with Gasteiger partial charge in [-0.2, -0.15) is 0 Å². The fraction of sp³-hybridized carbons (Fsp3) is 0.565. The number of ketones is 1. The van der Waals surface area contributed by atoms with Gasteiger partial charge in [0.15, 0.2) is 5.78 Å². The topological polar surface area (TPSA) is 171 Å². The molecule has 1 aromatic carbocycles. The first-order valence-corrected chi connectivity index (χ1v) is 11.0. The first kappa shape index (κ1) is 28.1. The zero-order valence-electron chi connectivity index (χ0n) is 19.8. The first-order valence-electron chi connectivity index (χ1n) is 11.0. The minimum Gasteiger partial charge on any atom is -0.508 e. The Morgan fingerprint density at radius 3 is 1.97 bits per heavy atom. The van der Waals surface area contributed by atoms with E-state index in [9.17, 15) is 29.4 Å². The van der Waals surface area contributed by atoms with Gasteiger partial charge in [0.1, 0.15) is 11.8 Å². The molecule has 2 amide bonds. The summed E-state index contributed by atoms with van der Waals surface area (Å²) in [5.41, 5.74) is 6.47. The van der Waals surface area contributed by atoms with Crippen LogP contribution in [0.4, 0.5) is 0 Å². The highest BCUT2D eigenvalue weighted by atomic mass is 16.4. The van der Waals surface area contributed by atoms with Gasteiger partial charge in [0.25, 0.3) is 0 Å². The van der Waals surface area contributed by atoms with Gasteiger partial charge in [-0.25, -0.2) is 4.79 Å². The van der Waals surface area contributed by atoms with Crippen LogP contribution in [0.1, 0.15) is 46.6 Å². The fourth-order valence-corrected chi connectivity index (χ4v) is 3.28. The van der Waals surface area contributed by atoms with Crippen LogP contribution >= 0.6 is 0 Å². The van der Waals surface area contributed by atoms with E-state index in [0.717, 1.165) is 0 Å². The Hall–Kier alpha value is -2.98. The van der Waals surface area contributed by atoms with E-state index in [1.807, 2.05) is 13.8 Å². The average Bonchev–Trinajstić information content (AvgIpc) is 2.73. The van der Waals surface area contributed by atoms with E-state index in [2.05, 4.69) is 16.0 Å². The summed E-state index contributed by atoms with van der Waals surface area (Å²) < 4.78 is 0. The molecule has 0 aliphatic heterocycles. The van der Waals surface area contributed by atoms with E-state index in [1.165, 1.54) is 19.1 Å². The van der Waals surface area contributed by atoms with Gasteiger partial charge < -0.3 is 26.6 Å². The second-order valence-electron chi connectivity index (χ2n) is 8.75. The molecule has 0 aliphatic carbocycles. The molecule has 0 saturated carbocycles. The molecule has 1 rings (SSSR count). The van der Waals surface area contributed by atoms with Crippen LogP contribution in [0.5, 0.6) is 5.75 Å². The molecule has 10 heteroatoms. The number of carbonyl (C=O) groups excluding carboxylic acids is 3. The maximum Gasteiger partial charge on any atom is 0.326 e. The van der Waals surface area contributed by atoms with Gasteiger partial charge in [0.2, 0.25) is 11.8 Å². The Morgan fingerprint density at radius 2 is 1.45 bits per heavy atom. The predicted molar refractivity (Wildman–Crippen MR) is 123 cm³/mol. The number of hydrogen-bond acceptors (Lipinski definition) is 7. The highest BCUT2D eigenvalue weighted by Gasteiger charge is 2.28. The van der Waals surface area contributed by atoms with Gasteiger partial charge in [-0.05, 0) is 50.8 Å². The summed E-state index contributed by atoms with van der Waals surface area (Å²) in [6, 6.07) is 1.67. The van der Waals surface area contributed by atoms with Gasteiger partial charge in [0, 0.05) is 6.42 Å². The SMILES string of the molecule is CC(C)C[C@H](N)C(=O)N[C@@H](C)C(=O)[C@@H](C)N[C@@H](C)C(=O)N[C@@H](Cc1ccc(O)cc1)C(=O)O. The summed E-state index contributed by atoms with van der Waals surface area (Å²) in [6.07, 6.45) is 0.523. The smallest absolute Gasteiger partial charge is 0.326 e. The molecule has 0 aliphatic rings. The lowest BCUT2D eigenvalue weighted by Crippen LogP contribution is -2.56. The van der Waals surface area contributed by atoms with Crippen molar-refractivity contribution >= 4 is 23.6 Å². The van der Waals surface area contributed by atoms with Crippen LogP contribution in [-0.4, -0.2) is 64.0 Å². The highest BCUT2D eigenvalue weighted by molar-refractivity contribution is 5.94. The molecule has 0 bridgehead atoms. The minimum absolute atomic E-state index is 0.0300. The first-order chi connectivity index (χ1) is 15.3. The number of rotatable bonds is 13. The van der Waals surface area contributed by atoms with E-state index in [-0.39, 0.29) is 23.9 Å². The number of nitrogens with one attached hydrogen (secondary N) is 3. The van der Waals surface area contributed by atoms with Crippen molar-refractivity contribution in [2.75, 3.05) is 0 Å². The molecule has 0 aromatic heterocycles. The minimum atomic E-state index is -1.21. The third kappa shape index (κ3) is 9.58. The van der Waals surface area contributed by atoms with E-state index in [4.69, 9.17) is 5.73 Å². The van der Waals surface area contributed by atoms with E-state index in [0.29, 0.717) is 12.0 Å². The number of benzene rings is 1. The normalized spacial score (nSPS) is 15.7. The van der Waals surface area contributed by atoms with Crippen LogP contribution in [0.2, 0.25) is 0 Å². The van der Waals surface area contributed by atoms with Gasteiger partial charge in [0.05, 0.1) is 24.2 Å². The monoisotopic (exact) mass is 464 g/mol. The van der Waals surface area contributed by atoms with E-state index in [1.54, 1.807) is 26.0 Å². The van der Waals surface area contributed by atoms with Crippen molar-refractivity contribution in [1.29, 1.82) is 0 Å². The molecule has 0 radical (unpaired) electrons. The lowest BCUT2D eigenvalue weighted by molar-refractivity contribution is -0.142. The number of hydrogen-bond donors (Lipinski definition) is 6. The molecular weight excluding hydrogens is 428 g/mol. The number of Topliss-reactive ketones (excluding diaryl/α,β-unsaturated/α-hetero) is 1. The predicted octanol–water partition coefficient (Wildman–Crippen LogP) is 0.318. The summed E-state index contributed by atoms with van der Waals surface area (Å²) >= 11 is 0. The highest BCUT2D eigenvalue weighted by Crippen LogP contribution is 2.11. The summed E-state index contributed by atoms with van der Waals surface area (Å²) in [5, 5.41) is 26.7. The van der Waals surface area contributed by atoms with Gasteiger partial charge in [-0.15, -0.1) is 0 Å².